The Morgan fingerprint density at radius 1 is 0.775 bits per heavy atom. The predicted octanol–water partition coefficient (Wildman–Crippen LogP) is 0.520. The second-order valence-corrected chi connectivity index (χ2v) is 11.1. The zero-order chi connectivity index (χ0) is 28.0. The van der Waals surface area contributed by atoms with E-state index in [1.54, 1.807) is 0 Å². The third-order valence-corrected chi connectivity index (χ3v) is 7.15. The molecule has 15 heteroatoms. The first-order valence-corrected chi connectivity index (χ1v) is 14.8. The van der Waals surface area contributed by atoms with Gasteiger partial charge in [0, 0.05) is 45.6 Å². The van der Waals surface area contributed by atoms with Crippen LogP contribution in [-0.4, -0.2) is 108 Å². The molecule has 2 aromatic heterocycles. The van der Waals surface area contributed by atoms with Crippen LogP contribution in [0.3, 0.4) is 0 Å². The number of aromatic nitrogens is 6. The first kappa shape index (κ1) is 28.0. The molecule has 2 N–H and O–H groups in total. The van der Waals surface area contributed by atoms with Crippen LogP contribution < -0.4 is 15.1 Å². The summed E-state index contributed by atoms with van der Waals surface area (Å²) in [6.07, 6.45) is 1.04. The monoisotopic (exact) mass is 571 g/mol. The summed E-state index contributed by atoms with van der Waals surface area (Å²) in [7, 11) is -4.10. The Morgan fingerprint density at radius 3 is 1.80 bits per heavy atom. The Labute approximate surface area is 233 Å². The molecule has 3 aromatic rings. The fraction of sp³-hybridized carbons (Fsp3) is 0.520. The van der Waals surface area contributed by atoms with Crippen molar-refractivity contribution in [3.8, 4) is 0 Å². The Morgan fingerprint density at radius 2 is 1.27 bits per heavy atom. The third-order valence-electron chi connectivity index (χ3n) is 6.43. The van der Waals surface area contributed by atoms with Gasteiger partial charge >= 0.3 is 0 Å². The van der Waals surface area contributed by atoms with E-state index in [1.807, 2.05) is 36.1 Å². The zero-order valence-electron chi connectivity index (χ0n) is 22.4. The van der Waals surface area contributed by atoms with Gasteiger partial charge in [-0.05, 0) is 18.1 Å². The number of ether oxygens (including phenoxy) is 2. The molecule has 0 bridgehead atoms. The maximum absolute atomic E-state index is 11.1. The van der Waals surface area contributed by atoms with Crippen LogP contribution in [0, 0.1) is 6.92 Å². The highest BCUT2D eigenvalue weighted by Crippen LogP contribution is 2.17. The van der Waals surface area contributed by atoms with Crippen molar-refractivity contribution in [2.75, 3.05) is 80.0 Å². The van der Waals surface area contributed by atoms with E-state index in [0.29, 0.717) is 75.9 Å². The molecule has 5 rings (SSSR count). The summed E-state index contributed by atoms with van der Waals surface area (Å²) in [6, 6.07) is 8.13. The first-order valence-electron chi connectivity index (χ1n) is 13.2. The van der Waals surface area contributed by atoms with Gasteiger partial charge in [0.1, 0.15) is 17.5 Å². The number of aryl methyl sites for hydroxylation is 1. The van der Waals surface area contributed by atoms with Crippen LogP contribution in [0.25, 0.3) is 0 Å². The van der Waals surface area contributed by atoms with Crippen molar-refractivity contribution in [2.24, 2.45) is 0 Å². The third kappa shape index (κ3) is 8.00. The Hall–Kier alpha value is -3.53. The van der Waals surface area contributed by atoms with Gasteiger partial charge in [0.15, 0.2) is 0 Å². The standard InChI is InChI=1S/C25H33N9O5S/c1-18-27-21(30-24(28-18)33-7-11-38-12-8-33)16-19-2-4-20(5-3-19)17-22-29-23(26-6-15-40(35,36)37)32-25(31-22)34-9-13-39-14-10-34/h2-5H,6-17H2,1H3,(H,35,36,37)(H,26,29,31,32). The SMILES string of the molecule is Cc1nc(Cc2ccc(Cc3nc(NCCS(=O)(=O)O)nc(N4CCOCC4)n3)cc2)nc(N2CCOCC2)n1. The fourth-order valence-corrected chi connectivity index (χ4v) is 4.77. The summed E-state index contributed by atoms with van der Waals surface area (Å²) < 4.78 is 42.1. The van der Waals surface area contributed by atoms with Crippen LogP contribution in [0.2, 0.25) is 0 Å². The Kier molecular flexibility index (Phi) is 8.94. The number of anilines is 3. The molecule has 2 aliphatic rings. The van der Waals surface area contributed by atoms with Gasteiger partial charge in [0.25, 0.3) is 10.1 Å². The smallest absolute Gasteiger partial charge is 0.266 e. The van der Waals surface area contributed by atoms with Gasteiger partial charge in [-0.15, -0.1) is 0 Å². The number of benzene rings is 1. The molecule has 40 heavy (non-hydrogen) atoms. The van der Waals surface area contributed by atoms with Crippen molar-refractivity contribution in [3.63, 3.8) is 0 Å². The highest BCUT2D eigenvalue weighted by atomic mass is 32.2. The minimum Gasteiger partial charge on any atom is -0.378 e. The van der Waals surface area contributed by atoms with E-state index < -0.39 is 15.9 Å². The quantitative estimate of drug-likeness (QED) is 0.323. The van der Waals surface area contributed by atoms with Crippen LogP contribution >= 0.6 is 0 Å². The van der Waals surface area contributed by atoms with Crippen LogP contribution in [-0.2, 0) is 32.4 Å². The molecule has 14 nitrogen and oxygen atoms in total. The molecule has 2 saturated heterocycles. The van der Waals surface area contributed by atoms with E-state index in [1.165, 1.54) is 0 Å². The lowest BCUT2D eigenvalue weighted by Crippen LogP contribution is -2.37. The maximum atomic E-state index is 11.1. The number of hydrogen-bond donors (Lipinski definition) is 2. The van der Waals surface area contributed by atoms with E-state index in [2.05, 4.69) is 35.1 Å². The molecule has 0 aliphatic carbocycles. The summed E-state index contributed by atoms with van der Waals surface area (Å²) in [5, 5.41) is 2.89. The van der Waals surface area contributed by atoms with E-state index in [0.717, 1.165) is 30.0 Å². The fourth-order valence-electron chi connectivity index (χ4n) is 4.41. The molecular formula is C25H33N9O5S. The highest BCUT2D eigenvalue weighted by Gasteiger charge is 2.18. The lowest BCUT2D eigenvalue weighted by Gasteiger charge is -2.27. The van der Waals surface area contributed by atoms with Gasteiger partial charge < -0.3 is 24.6 Å². The lowest BCUT2D eigenvalue weighted by atomic mass is 10.1. The molecule has 4 heterocycles. The largest absolute Gasteiger partial charge is 0.378 e. The molecule has 2 fully saturated rings. The van der Waals surface area contributed by atoms with E-state index in [-0.39, 0.29) is 12.5 Å². The van der Waals surface area contributed by atoms with Crippen molar-refractivity contribution in [1.82, 2.24) is 29.9 Å². The summed E-state index contributed by atoms with van der Waals surface area (Å²) in [5.41, 5.74) is 2.08. The first-order chi connectivity index (χ1) is 19.3. The van der Waals surface area contributed by atoms with Crippen molar-refractivity contribution in [3.05, 3.63) is 52.9 Å². The number of morpholine rings is 2. The normalized spacial score (nSPS) is 16.2. The number of nitrogens with one attached hydrogen (secondary N) is 1. The minimum atomic E-state index is -4.10. The zero-order valence-corrected chi connectivity index (χ0v) is 23.2. The van der Waals surface area contributed by atoms with Crippen LogP contribution in [0.4, 0.5) is 17.8 Å². The van der Waals surface area contributed by atoms with Crippen LogP contribution in [0.1, 0.15) is 28.6 Å². The number of nitrogens with zero attached hydrogens (tertiary/aromatic N) is 8. The van der Waals surface area contributed by atoms with Crippen LogP contribution in [0.15, 0.2) is 24.3 Å². The molecular weight excluding hydrogens is 538 g/mol. The average Bonchev–Trinajstić information content (AvgIpc) is 2.94. The van der Waals surface area contributed by atoms with Gasteiger partial charge in [-0.1, -0.05) is 24.3 Å². The van der Waals surface area contributed by atoms with Crippen LogP contribution in [0.5, 0.6) is 0 Å². The molecule has 0 radical (unpaired) electrons. The van der Waals surface area contributed by atoms with E-state index in [9.17, 15) is 8.42 Å². The molecule has 0 spiro atoms. The van der Waals surface area contributed by atoms with Gasteiger partial charge in [0.05, 0.1) is 32.2 Å². The Balaban J connectivity index is 1.28. The van der Waals surface area contributed by atoms with Gasteiger partial charge in [-0.2, -0.15) is 33.3 Å². The molecule has 0 saturated carbocycles. The van der Waals surface area contributed by atoms with Gasteiger partial charge in [-0.25, -0.2) is 4.98 Å². The predicted molar refractivity (Wildman–Crippen MR) is 147 cm³/mol. The topological polar surface area (TPSA) is 169 Å². The maximum Gasteiger partial charge on any atom is 0.266 e. The highest BCUT2D eigenvalue weighted by molar-refractivity contribution is 7.85. The number of rotatable bonds is 10. The summed E-state index contributed by atoms with van der Waals surface area (Å²) in [4.78, 5) is 31.5. The lowest BCUT2D eigenvalue weighted by molar-refractivity contribution is 0.122. The molecule has 1 aromatic carbocycles. The molecule has 0 unspecified atom stereocenters. The summed E-state index contributed by atoms with van der Waals surface area (Å²) in [5.74, 6) is 2.95. The van der Waals surface area contributed by atoms with E-state index >= 15 is 0 Å². The van der Waals surface area contributed by atoms with Crippen molar-refractivity contribution in [2.45, 2.75) is 19.8 Å². The summed E-state index contributed by atoms with van der Waals surface area (Å²) in [6.45, 7) is 7.15. The molecule has 0 atom stereocenters. The van der Waals surface area contributed by atoms with Crippen molar-refractivity contribution < 1.29 is 22.4 Å². The Bertz CT molecular complexity index is 1400. The molecule has 214 valence electrons. The minimum absolute atomic E-state index is 0.0245. The van der Waals surface area contributed by atoms with Crippen molar-refractivity contribution >= 4 is 28.0 Å². The molecule has 2 aliphatic heterocycles. The average molecular weight is 572 g/mol. The molecule has 0 amide bonds. The second-order valence-electron chi connectivity index (χ2n) is 9.56. The summed E-state index contributed by atoms with van der Waals surface area (Å²) >= 11 is 0. The number of hydrogen-bond acceptors (Lipinski definition) is 13. The van der Waals surface area contributed by atoms with E-state index in [4.69, 9.17) is 19.0 Å². The van der Waals surface area contributed by atoms with Gasteiger partial charge in [0.2, 0.25) is 17.8 Å². The second kappa shape index (κ2) is 12.8. The van der Waals surface area contributed by atoms with Gasteiger partial charge in [-0.3, -0.25) is 4.55 Å². The van der Waals surface area contributed by atoms with Crippen molar-refractivity contribution in [1.29, 1.82) is 0 Å².